The second-order valence-electron chi connectivity index (χ2n) is 6.61. The molecule has 0 spiro atoms. The fourth-order valence-electron chi connectivity index (χ4n) is 3.18. The van der Waals surface area contributed by atoms with E-state index in [1.54, 1.807) is 12.1 Å². The Morgan fingerprint density at radius 2 is 1.69 bits per heavy atom. The van der Waals surface area contributed by atoms with Gasteiger partial charge in [-0.25, -0.2) is 4.39 Å². The van der Waals surface area contributed by atoms with E-state index < -0.39 is 0 Å². The van der Waals surface area contributed by atoms with E-state index in [0.717, 1.165) is 22.9 Å². The summed E-state index contributed by atoms with van der Waals surface area (Å²) < 4.78 is 16.5. The number of halogens is 1. The van der Waals surface area contributed by atoms with Crippen LogP contribution >= 0.6 is 0 Å². The summed E-state index contributed by atoms with van der Waals surface area (Å²) in [6, 6.07) is 14.7. The van der Waals surface area contributed by atoms with E-state index in [4.69, 9.17) is 4.99 Å². The van der Waals surface area contributed by atoms with Crippen LogP contribution in [0.4, 0.5) is 4.39 Å². The standard InChI is InChI=1S/C20H20FN5/c1-13(25(2)3)20-24-23-18-12-22-19(14-8-4-6-10-16(14)21)15-9-5-7-11-17(15)26(18)20/h4-11,13H,12H2,1-3H3. The summed E-state index contributed by atoms with van der Waals surface area (Å²) in [6.45, 7) is 2.44. The molecule has 1 aliphatic rings. The number of nitrogens with zero attached hydrogens (tertiary/aromatic N) is 5. The van der Waals surface area contributed by atoms with Gasteiger partial charge in [0.25, 0.3) is 0 Å². The monoisotopic (exact) mass is 349 g/mol. The molecule has 0 saturated carbocycles. The van der Waals surface area contributed by atoms with Gasteiger partial charge >= 0.3 is 0 Å². The molecule has 26 heavy (non-hydrogen) atoms. The van der Waals surface area contributed by atoms with Crippen LogP contribution in [-0.4, -0.2) is 39.5 Å². The van der Waals surface area contributed by atoms with Gasteiger partial charge in [0.15, 0.2) is 11.6 Å². The van der Waals surface area contributed by atoms with Crippen LogP contribution in [0.25, 0.3) is 5.69 Å². The van der Waals surface area contributed by atoms with Crippen LogP contribution in [0.3, 0.4) is 0 Å². The first-order valence-electron chi connectivity index (χ1n) is 8.57. The number of benzene rings is 2. The fourth-order valence-corrected chi connectivity index (χ4v) is 3.18. The Kier molecular flexibility index (Phi) is 4.12. The molecule has 0 fully saturated rings. The molecule has 0 saturated heterocycles. The Morgan fingerprint density at radius 1 is 1.00 bits per heavy atom. The molecule has 4 rings (SSSR count). The van der Waals surface area contributed by atoms with E-state index in [1.165, 1.54) is 6.07 Å². The summed E-state index contributed by atoms with van der Waals surface area (Å²) in [7, 11) is 4.02. The van der Waals surface area contributed by atoms with Gasteiger partial charge < -0.3 is 0 Å². The molecule has 0 aliphatic carbocycles. The van der Waals surface area contributed by atoms with Crippen LogP contribution in [0.2, 0.25) is 0 Å². The minimum atomic E-state index is -0.277. The van der Waals surface area contributed by atoms with Crippen molar-refractivity contribution in [3.05, 3.63) is 77.1 Å². The highest BCUT2D eigenvalue weighted by Crippen LogP contribution is 2.29. The lowest BCUT2D eigenvalue weighted by atomic mass is 10.00. The molecule has 1 aromatic heterocycles. The topological polar surface area (TPSA) is 46.3 Å². The van der Waals surface area contributed by atoms with Gasteiger partial charge in [0.05, 0.1) is 17.4 Å². The molecule has 5 nitrogen and oxygen atoms in total. The summed E-state index contributed by atoms with van der Waals surface area (Å²) in [4.78, 5) is 6.78. The number of aliphatic imine (C=N–C) groups is 1. The number of para-hydroxylation sites is 1. The highest BCUT2D eigenvalue weighted by molar-refractivity contribution is 6.15. The predicted octanol–water partition coefficient (Wildman–Crippen LogP) is 3.38. The SMILES string of the molecule is CC(c1nnc2n1-c1ccccc1C(c1ccccc1F)=NC2)N(C)C. The Labute approximate surface area is 151 Å². The van der Waals surface area contributed by atoms with E-state index in [2.05, 4.69) is 26.6 Å². The second kappa shape index (κ2) is 6.46. The van der Waals surface area contributed by atoms with Crippen molar-refractivity contribution in [2.45, 2.75) is 19.5 Å². The maximum atomic E-state index is 14.4. The minimum absolute atomic E-state index is 0.0827. The lowest BCUT2D eigenvalue weighted by Gasteiger charge is -2.21. The first-order valence-corrected chi connectivity index (χ1v) is 8.57. The van der Waals surface area contributed by atoms with Gasteiger partial charge in [-0.05, 0) is 39.2 Å². The first-order chi connectivity index (χ1) is 12.6. The van der Waals surface area contributed by atoms with Crippen LogP contribution in [0.5, 0.6) is 0 Å². The van der Waals surface area contributed by atoms with Crippen LogP contribution in [0.1, 0.15) is 35.7 Å². The van der Waals surface area contributed by atoms with Crippen LogP contribution in [0, 0.1) is 5.82 Å². The van der Waals surface area contributed by atoms with Crippen molar-refractivity contribution >= 4 is 5.71 Å². The third-order valence-electron chi connectivity index (χ3n) is 4.81. The molecule has 0 N–H and O–H groups in total. The zero-order valence-electron chi connectivity index (χ0n) is 15.0. The maximum absolute atomic E-state index is 14.4. The molecule has 1 atom stereocenters. The number of hydrogen-bond donors (Lipinski definition) is 0. The summed E-state index contributed by atoms with van der Waals surface area (Å²) >= 11 is 0. The van der Waals surface area contributed by atoms with E-state index >= 15 is 0 Å². The Balaban J connectivity index is 1.94. The molecule has 3 aromatic rings. The van der Waals surface area contributed by atoms with Gasteiger partial charge in [0.1, 0.15) is 12.4 Å². The van der Waals surface area contributed by atoms with E-state index in [9.17, 15) is 4.39 Å². The van der Waals surface area contributed by atoms with E-state index in [0.29, 0.717) is 17.8 Å². The van der Waals surface area contributed by atoms with Crippen molar-refractivity contribution in [1.82, 2.24) is 19.7 Å². The molecular weight excluding hydrogens is 329 g/mol. The van der Waals surface area contributed by atoms with Gasteiger partial charge in [-0.1, -0.05) is 30.3 Å². The van der Waals surface area contributed by atoms with Crippen molar-refractivity contribution in [1.29, 1.82) is 0 Å². The third kappa shape index (κ3) is 2.63. The van der Waals surface area contributed by atoms with E-state index in [-0.39, 0.29) is 11.9 Å². The molecule has 2 heterocycles. The predicted molar refractivity (Wildman–Crippen MR) is 99.2 cm³/mol. The lowest BCUT2D eigenvalue weighted by Crippen LogP contribution is -2.21. The molecule has 0 bridgehead atoms. The van der Waals surface area contributed by atoms with Crippen LogP contribution < -0.4 is 0 Å². The molecule has 0 amide bonds. The van der Waals surface area contributed by atoms with Crippen molar-refractivity contribution in [2.24, 2.45) is 4.99 Å². The maximum Gasteiger partial charge on any atom is 0.159 e. The normalized spacial score (nSPS) is 14.4. The van der Waals surface area contributed by atoms with Gasteiger partial charge in [0, 0.05) is 11.1 Å². The Morgan fingerprint density at radius 3 is 2.42 bits per heavy atom. The number of aromatic nitrogens is 3. The summed E-state index contributed by atoms with van der Waals surface area (Å²) in [5, 5.41) is 8.76. The summed E-state index contributed by atoms with van der Waals surface area (Å²) in [5.74, 6) is 1.33. The zero-order valence-corrected chi connectivity index (χ0v) is 15.0. The quantitative estimate of drug-likeness (QED) is 0.728. The molecular formula is C20H20FN5. The first kappa shape index (κ1) is 16.6. The van der Waals surface area contributed by atoms with Crippen molar-refractivity contribution in [3.63, 3.8) is 0 Å². The van der Waals surface area contributed by atoms with Crippen molar-refractivity contribution in [3.8, 4) is 5.69 Å². The van der Waals surface area contributed by atoms with Crippen LogP contribution in [0.15, 0.2) is 53.5 Å². The Bertz CT molecular complexity index is 989. The highest BCUT2D eigenvalue weighted by Gasteiger charge is 2.26. The minimum Gasteiger partial charge on any atom is -0.300 e. The van der Waals surface area contributed by atoms with Gasteiger partial charge in [-0.15, -0.1) is 10.2 Å². The van der Waals surface area contributed by atoms with Crippen LogP contribution in [-0.2, 0) is 6.54 Å². The summed E-state index contributed by atoms with van der Waals surface area (Å²) in [6.07, 6.45) is 0. The number of fused-ring (bicyclic) bond motifs is 3. The third-order valence-corrected chi connectivity index (χ3v) is 4.81. The largest absolute Gasteiger partial charge is 0.300 e. The average Bonchev–Trinajstić information content (AvgIpc) is 2.99. The molecule has 132 valence electrons. The lowest BCUT2D eigenvalue weighted by molar-refractivity contribution is 0.305. The molecule has 1 unspecified atom stereocenters. The molecule has 0 radical (unpaired) electrons. The fraction of sp³-hybridized carbons (Fsp3) is 0.250. The van der Waals surface area contributed by atoms with Gasteiger partial charge in [-0.2, -0.15) is 0 Å². The van der Waals surface area contributed by atoms with Crippen molar-refractivity contribution < 1.29 is 4.39 Å². The molecule has 2 aromatic carbocycles. The zero-order chi connectivity index (χ0) is 18.3. The molecule has 1 aliphatic heterocycles. The molecule has 6 heteroatoms. The smallest absolute Gasteiger partial charge is 0.159 e. The Hall–Kier alpha value is -2.86. The number of hydrogen-bond acceptors (Lipinski definition) is 4. The van der Waals surface area contributed by atoms with Gasteiger partial charge in [0.2, 0.25) is 0 Å². The summed E-state index contributed by atoms with van der Waals surface area (Å²) in [5.41, 5.74) is 2.95. The number of rotatable bonds is 3. The average molecular weight is 349 g/mol. The second-order valence-corrected chi connectivity index (χ2v) is 6.61. The van der Waals surface area contributed by atoms with Crippen molar-refractivity contribution in [2.75, 3.05) is 14.1 Å². The van der Waals surface area contributed by atoms with E-state index in [1.807, 2.05) is 44.4 Å². The van der Waals surface area contributed by atoms with Gasteiger partial charge in [-0.3, -0.25) is 14.5 Å². The highest BCUT2D eigenvalue weighted by atomic mass is 19.1.